The molecular formula is C22H25NO6. The van der Waals surface area contributed by atoms with Crippen LogP contribution in [0, 0.1) is 0 Å². The van der Waals surface area contributed by atoms with Crippen LogP contribution in [0.15, 0.2) is 48.5 Å². The van der Waals surface area contributed by atoms with E-state index in [4.69, 9.17) is 14.2 Å². The molecule has 0 aliphatic heterocycles. The molecule has 0 heterocycles. The molecule has 7 heteroatoms. The largest absolute Gasteiger partial charge is 0.493 e. The van der Waals surface area contributed by atoms with Crippen LogP contribution in [0.1, 0.15) is 19.4 Å². The summed E-state index contributed by atoms with van der Waals surface area (Å²) in [6, 6.07) is 12.3. The van der Waals surface area contributed by atoms with Gasteiger partial charge in [-0.25, -0.2) is 4.79 Å². The molecule has 0 radical (unpaired) electrons. The minimum absolute atomic E-state index is 0.325. The molecule has 29 heavy (non-hydrogen) atoms. The maximum Gasteiger partial charge on any atom is 0.330 e. The maximum atomic E-state index is 12.6. The first-order valence-corrected chi connectivity index (χ1v) is 9.11. The Labute approximate surface area is 170 Å². The molecule has 1 N–H and O–H groups in total. The van der Waals surface area contributed by atoms with Gasteiger partial charge in [0.25, 0.3) is 5.91 Å². The third kappa shape index (κ3) is 6.27. The number of benzene rings is 2. The third-order valence-corrected chi connectivity index (χ3v) is 3.92. The number of esters is 1. The molecule has 154 valence electrons. The molecule has 0 saturated heterocycles. The zero-order valence-electron chi connectivity index (χ0n) is 16.9. The number of amides is 1. The highest BCUT2D eigenvalue weighted by atomic mass is 16.5. The first kappa shape index (κ1) is 21.8. The predicted octanol–water partition coefficient (Wildman–Crippen LogP) is 3.69. The van der Waals surface area contributed by atoms with Gasteiger partial charge in [-0.05, 0) is 49.8 Å². The van der Waals surface area contributed by atoms with Gasteiger partial charge in [-0.15, -0.1) is 0 Å². The molecule has 0 aromatic heterocycles. The normalized spacial score (nSPS) is 11.6. The smallest absolute Gasteiger partial charge is 0.330 e. The Balaban J connectivity index is 2.09. The number of methoxy groups -OCH3 is 2. The van der Waals surface area contributed by atoms with Crippen molar-refractivity contribution in [1.82, 2.24) is 0 Å². The quantitative estimate of drug-likeness (QED) is 0.512. The second kappa shape index (κ2) is 10.8. The van der Waals surface area contributed by atoms with Gasteiger partial charge in [0.05, 0.1) is 26.5 Å². The van der Waals surface area contributed by atoms with Crippen molar-refractivity contribution in [3.05, 3.63) is 54.1 Å². The number of hydrogen-bond donors (Lipinski definition) is 1. The molecule has 2 aromatic rings. The third-order valence-electron chi connectivity index (χ3n) is 3.92. The van der Waals surface area contributed by atoms with Crippen LogP contribution in [0.5, 0.6) is 17.2 Å². The Morgan fingerprint density at radius 3 is 2.52 bits per heavy atom. The van der Waals surface area contributed by atoms with Gasteiger partial charge in [0.1, 0.15) is 5.75 Å². The summed E-state index contributed by atoms with van der Waals surface area (Å²) < 4.78 is 21.2. The predicted molar refractivity (Wildman–Crippen MR) is 110 cm³/mol. The summed E-state index contributed by atoms with van der Waals surface area (Å²) in [5, 5.41) is 2.81. The van der Waals surface area contributed by atoms with E-state index < -0.39 is 12.1 Å². The number of hydrogen-bond acceptors (Lipinski definition) is 6. The first-order chi connectivity index (χ1) is 14.0. The second-order valence-electron chi connectivity index (χ2n) is 5.95. The zero-order chi connectivity index (χ0) is 21.2. The fourth-order valence-corrected chi connectivity index (χ4v) is 2.45. The van der Waals surface area contributed by atoms with E-state index in [0.29, 0.717) is 29.5 Å². The Kier molecular flexibility index (Phi) is 8.09. The highest BCUT2D eigenvalue weighted by Crippen LogP contribution is 2.30. The van der Waals surface area contributed by atoms with Crippen molar-refractivity contribution in [2.45, 2.75) is 20.0 Å². The minimum atomic E-state index is -0.782. The lowest BCUT2D eigenvalue weighted by molar-refractivity contribution is -0.134. The average molecular weight is 399 g/mol. The SMILES string of the molecule is CCOc1ccccc1NC(=O)C(C)Oc1ccc(/C=C\C(=O)OC)cc1OC. The van der Waals surface area contributed by atoms with E-state index in [1.807, 2.05) is 19.1 Å². The van der Waals surface area contributed by atoms with E-state index in [1.165, 1.54) is 20.3 Å². The molecule has 1 amide bonds. The summed E-state index contributed by atoms with van der Waals surface area (Å²) in [5.74, 6) is 0.653. The minimum Gasteiger partial charge on any atom is -0.493 e. The number of anilines is 1. The molecule has 0 aliphatic rings. The summed E-state index contributed by atoms with van der Waals surface area (Å²) in [5.41, 5.74) is 1.30. The standard InChI is InChI=1S/C22H25NO6/c1-5-28-18-9-7-6-8-17(18)23-22(25)15(2)29-19-12-10-16(14-20(19)26-3)11-13-21(24)27-4/h6-15H,5H2,1-4H3,(H,23,25)/b13-11-. The van der Waals surface area contributed by atoms with Crippen molar-refractivity contribution in [1.29, 1.82) is 0 Å². The molecule has 0 aliphatic carbocycles. The molecule has 0 bridgehead atoms. The van der Waals surface area contributed by atoms with Crippen molar-refractivity contribution >= 4 is 23.6 Å². The van der Waals surface area contributed by atoms with Crippen molar-refractivity contribution in [2.75, 3.05) is 26.1 Å². The molecule has 1 atom stereocenters. The summed E-state index contributed by atoms with van der Waals surface area (Å²) in [4.78, 5) is 23.8. The molecule has 1 unspecified atom stereocenters. The van der Waals surface area contributed by atoms with Crippen LogP contribution in [0.25, 0.3) is 6.08 Å². The van der Waals surface area contributed by atoms with E-state index in [-0.39, 0.29) is 5.91 Å². The van der Waals surface area contributed by atoms with E-state index in [9.17, 15) is 9.59 Å². The van der Waals surface area contributed by atoms with Crippen LogP contribution < -0.4 is 19.5 Å². The fourth-order valence-electron chi connectivity index (χ4n) is 2.45. The van der Waals surface area contributed by atoms with E-state index in [2.05, 4.69) is 10.1 Å². The number of carbonyl (C=O) groups excluding carboxylic acids is 2. The molecule has 7 nitrogen and oxygen atoms in total. The van der Waals surface area contributed by atoms with Crippen molar-refractivity contribution < 1.29 is 28.5 Å². The van der Waals surface area contributed by atoms with Gasteiger partial charge < -0.3 is 24.3 Å². The van der Waals surface area contributed by atoms with Crippen molar-refractivity contribution in [3.8, 4) is 17.2 Å². The van der Waals surface area contributed by atoms with Gasteiger partial charge in [-0.3, -0.25) is 4.79 Å². The van der Waals surface area contributed by atoms with Gasteiger partial charge in [0.2, 0.25) is 0 Å². The summed E-state index contributed by atoms with van der Waals surface area (Å²) in [6.45, 7) is 4.01. The highest BCUT2D eigenvalue weighted by molar-refractivity contribution is 5.95. The summed E-state index contributed by atoms with van der Waals surface area (Å²) in [6.07, 6.45) is 2.12. The monoisotopic (exact) mass is 399 g/mol. The van der Waals surface area contributed by atoms with Gasteiger partial charge in [0.15, 0.2) is 17.6 Å². The lowest BCUT2D eigenvalue weighted by Crippen LogP contribution is -2.30. The van der Waals surface area contributed by atoms with Crippen LogP contribution >= 0.6 is 0 Å². The Morgan fingerprint density at radius 2 is 1.83 bits per heavy atom. The Hall–Kier alpha value is -3.48. The van der Waals surface area contributed by atoms with Gasteiger partial charge in [0, 0.05) is 6.08 Å². The molecule has 2 aromatic carbocycles. The summed E-state index contributed by atoms with van der Waals surface area (Å²) >= 11 is 0. The Morgan fingerprint density at radius 1 is 1.07 bits per heavy atom. The fraction of sp³-hybridized carbons (Fsp3) is 0.273. The van der Waals surface area contributed by atoms with Crippen LogP contribution in [0.3, 0.4) is 0 Å². The van der Waals surface area contributed by atoms with Gasteiger partial charge in [-0.2, -0.15) is 0 Å². The molecule has 0 fully saturated rings. The van der Waals surface area contributed by atoms with E-state index in [0.717, 1.165) is 5.56 Å². The topological polar surface area (TPSA) is 83.1 Å². The first-order valence-electron chi connectivity index (χ1n) is 9.11. The maximum absolute atomic E-state index is 12.6. The van der Waals surface area contributed by atoms with Crippen LogP contribution in [-0.2, 0) is 14.3 Å². The second-order valence-corrected chi connectivity index (χ2v) is 5.95. The molecular weight excluding hydrogens is 374 g/mol. The highest BCUT2D eigenvalue weighted by Gasteiger charge is 2.18. The Bertz CT molecular complexity index is 877. The van der Waals surface area contributed by atoms with Crippen molar-refractivity contribution in [2.24, 2.45) is 0 Å². The number of rotatable bonds is 9. The lowest BCUT2D eigenvalue weighted by atomic mass is 10.2. The van der Waals surface area contributed by atoms with Gasteiger partial charge in [-0.1, -0.05) is 18.2 Å². The van der Waals surface area contributed by atoms with Crippen LogP contribution in [0.2, 0.25) is 0 Å². The molecule has 2 rings (SSSR count). The number of carbonyl (C=O) groups is 2. The van der Waals surface area contributed by atoms with Crippen molar-refractivity contribution in [3.63, 3.8) is 0 Å². The van der Waals surface area contributed by atoms with E-state index in [1.54, 1.807) is 43.3 Å². The van der Waals surface area contributed by atoms with Crippen LogP contribution in [0.4, 0.5) is 5.69 Å². The average Bonchev–Trinajstić information content (AvgIpc) is 2.74. The van der Waals surface area contributed by atoms with Gasteiger partial charge >= 0.3 is 5.97 Å². The van der Waals surface area contributed by atoms with Crippen LogP contribution in [-0.4, -0.2) is 38.8 Å². The molecule has 0 spiro atoms. The summed E-state index contributed by atoms with van der Waals surface area (Å²) in [7, 11) is 2.81. The lowest BCUT2D eigenvalue weighted by Gasteiger charge is -2.18. The number of para-hydroxylation sites is 2. The van der Waals surface area contributed by atoms with E-state index >= 15 is 0 Å². The molecule has 0 saturated carbocycles. The number of ether oxygens (including phenoxy) is 4. The number of nitrogens with one attached hydrogen (secondary N) is 1. The zero-order valence-corrected chi connectivity index (χ0v) is 16.9.